The second-order valence-electron chi connectivity index (χ2n) is 6.45. The number of nitrogens with zero attached hydrogens (tertiary/aromatic N) is 3. The monoisotopic (exact) mass is 403 g/mol. The van der Waals surface area contributed by atoms with Gasteiger partial charge in [-0.3, -0.25) is 9.59 Å². The number of carbonyl (C=O) groups excluding carboxylic acids is 2. The van der Waals surface area contributed by atoms with Crippen molar-refractivity contribution < 1.29 is 14.0 Å². The van der Waals surface area contributed by atoms with Crippen LogP contribution in [-0.2, 0) is 11.2 Å². The Labute approximate surface area is 165 Å². The van der Waals surface area contributed by atoms with E-state index >= 15 is 0 Å². The molecule has 0 atom stereocenters. The largest absolute Gasteiger partial charge is 0.370 e. The Morgan fingerprint density at radius 1 is 1.32 bits per heavy atom. The van der Waals surface area contributed by atoms with Gasteiger partial charge in [-0.2, -0.15) is 5.10 Å². The summed E-state index contributed by atoms with van der Waals surface area (Å²) in [5, 5.41) is 6.97. The van der Waals surface area contributed by atoms with Gasteiger partial charge < -0.3 is 11.1 Å². The zero-order valence-electron chi connectivity index (χ0n) is 15.4. The zero-order valence-corrected chi connectivity index (χ0v) is 16.2. The molecule has 0 fully saturated rings. The van der Waals surface area contributed by atoms with E-state index in [9.17, 15) is 14.0 Å². The topological polar surface area (TPSA) is 102 Å². The summed E-state index contributed by atoms with van der Waals surface area (Å²) in [6.07, 6.45) is 1.99. The fraction of sp³-hybridized carbons (Fsp3) is 0.263. The number of hydrogen-bond donors (Lipinski definition) is 2. The first kappa shape index (κ1) is 19.8. The quantitative estimate of drug-likeness (QED) is 0.659. The maximum Gasteiger partial charge on any atom is 0.256 e. The van der Waals surface area contributed by atoms with E-state index in [0.29, 0.717) is 17.6 Å². The highest BCUT2D eigenvalue weighted by atomic mass is 35.5. The van der Waals surface area contributed by atoms with Gasteiger partial charge in [-0.05, 0) is 37.1 Å². The van der Waals surface area contributed by atoms with Crippen LogP contribution in [0.1, 0.15) is 39.3 Å². The fourth-order valence-corrected chi connectivity index (χ4v) is 3.18. The van der Waals surface area contributed by atoms with E-state index in [-0.39, 0.29) is 23.9 Å². The Kier molecular flexibility index (Phi) is 5.60. The standard InChI is InChI=1S/C19H19ClFN5O2/c1-10-13(7-12-3-4-16(21)15(20)8-12)11(2)26-18(25-10)14(9-24-26)19(28)23-6-5-17(22)27/h3-4,8-9H,5-7H2,1-2H3,(H2,22,27)(H,23,28). The Morgan fingerprint density at radius 3 is 2.75 bits per heavy atom. The van der Waals surface area contributed by atoms with Gasteiger partial charge in [0.05, 0.1) is 11.2 Å². The molecule has 0 saturated heterocycles. The Bertz CT molecular complexity index is 1080. The van der Waals surface area contributed by atoms with Gasteiger partial charge in [0.1, 0.15) is 11.4 Å². The molecule has 3 N–H and O–H groups in total. The highest BCUT2D eigenvalue weighted by Crippen LogP contribution is 2.23. The number of carbonyl (C=O) groups is 2. The third-order valence-electron chi connectivity index (χ3n) is 4.48. The van der Waals surface area contributed by atoms with E-state index in [2.05, 4.69) is 15.4 Å². The molecule has 1 aromatic carbocycles. The van der Waals surface area contributed by atoms with E-state index in [1.165, 1.54) is 12.3 Å². The number of benzene rings is 1. The molecule has 0 aliphatic carbocycles. The Hall–Kier alpha value is -3.00. The summed E-state index contributed by atoms with van der Waals surface area (Å²) in [6, 6.07) is 4.59. The van der Waals surface area contributed by atoms with E-state index in [0.717, 1.165) is 22.5 Å². The van der Waals surface area contributed by atoms with Crippen LogP contribution in [0.5, 0.6) is 0 Å². The van der Waals surface area contributed by atoms with Crippen molar-refractivity contribution in [3.8, 4) is 0 Å². The highest BCUT2D eigenvalue weighted by Gasteiger charge is 2.18. The van der Waals surface area contributed by atoms with Gasteiger partial charge in [-0.15, -0.1) is 0 Å². The van der Waals surface area contributed by atoms with Crippen LogP contribution in [0.3, 0.4) is 0 Å². The average molecular weight is 404 g/mol. The number of amides is 2. The van der Waals surface area contributed by atoms with Crippen LogP contribution in [-0.4, -0.2) is 33.0 Å². The SMILES string of the molecule is Cc1nc2c(C(=O)NCCC(N)=O)cnn2c(C)c1Cc1ccc(F)c(Cl)c1. The third-order valence-corrected chi connectivity index (χ3v) is 4.76. The minimum Gasteiger partial charge on any atom is -0.370 e. The molecule has 0 radical (unpaired) electrons. The normalized spacial score (nSPS) is 11.0. The van der Waals surface area contributed by atoms with Crippen LogP contribution in [0, 0.1) is 19.7 Å². The van der Waals surface area contributed by atoms with Crippen LogP contribution >= 0.6 is 11.6 Å². The molecule has 2 heterocycles. The molecular weight excluding hydrogens is 385 g/mol. The van der Waals surface area contributed by atoms with Crippen molar-refractivity contribution in [1.29, 1.82) is 0 Å². The maximum atomic E-state index is 13.4. The minimum atomic E-state index is -0.490. The van der Waals surface area contributed by atoms with E-state index < -0.39 is 11.7 Å². The maximum absolute atomic E-state index is 13.4. The number of nitrogens with two attached hydrogens (primary N) is 1. The summed E-state index contributed by atoms with van der Waals surface area (Å²) in [5.41, 5.74) is 9.12. The average Bonchev–Trinajstić information content (AvgIpc) is 3.05. The lowest BCUT2D eigenvalue weighted by Crippen LogP contribution is -2.28. The molecule has 0 saturated carbocycles. The molecule has 9 heteroatoms. The lowest BCUT2D eigenvalue weighted by Gasteiger charge is -2.12. The first-order chi connectivity index (χ1) is 13.3. The van der Waals surface area contributed by atoms with Gasteiger partial charge >= 0.3 is 0 Å². The van der Waals surface area contributed by atoms with Gasteiger partial charge in [0.2, 0.25) is 5.91 Å². The predicted molar refractivity (Wildman–Crippen MR) is 103 cm³/mol. The second-order valence-corrected chi connectivity index (χ2v) is 6.86. The smallest absolute Gasteiger partial charge is 0.256 e. The number of hydrogen-bond acceptors (Lipinski definition) is 4. The van der Waals surface area contributed by atoms with Crippen molar-refractivity contribution in [3.63, 3.8) is 0 Å². The molecule has 2 amide bonds. The summed E-state index contributed by atoms with van der Waals surface area (Å²) in [4.78, 5) is 27.7. The zero-order chi connectivity index (χ0) is 20.4. The van der Waals surface area contributed by atoms with E-state index in [1.807, 2.05) is 13.8 Å². The van der Waals surface area contributed by atoms with E-state index in [1.54, 1.807) is 16.6 Å². The highest BCUT2D eigenvalue weighted by molar-refractivity contribution is 6.30. The second kappa shape index (κ2) is 7.93. The van der Waals surface area contributed by atoms with Crippen molar-refractivity contribution in [2.45, 2.75) is 26.7 Å². The van der Waals surface area contributed by atoms with Crippen LogP contribution in [0.15, 0.2) is 24.4 Å². The number of rotatable bonds is 6. The van der Waals surface area contributed by atoms with Crippen molar-refractivity contribution in [1.82, 2.24) is 19.9 Å². The van der Waals surface area contributed by atoms with Crippen molar-refractivity contribution in [3.05, 3.63) is 63.3 Å². The molecule has 0 aliphatic rings. The van der Waals surface area contributed by atoms with Crippen molar-refractivity contribution >= 4 is 29.1 Å². The van der Waals surface area contributed by atoms with Gasteiger partial charge in [-0.25, -0.2) is 13.9 Å². The first-order valence-electron chi connectivity index (χ1n) is 8.62. The number of fused-ring (bicyclic) bond motifs is 1. The molecule has 0 aliphatic heterocycles. The molecule has 3 aromatic rings. The third kappa shape index (κ3) is 3.96. The molecule has 0 unspecified atom stereocenters. The van der Waals surface area contributed by atoms with Gasteiger partial charge in [-0.1, -0.05) is 17.7 Å². The number of aryl methyl sites for hydroxylation is 2. The lowest BCUT2D eigenvalue weighted by molar-refractivity contribution is -0.117. The molecule has 0 spiro atoms. The number of primary amides is 1. The van der Waals surface area contributed by atoms with Crippen molar-refractivity contribution in [2.24, 2.45) is 5.73 Å². The summed E-state index contributed by atoms with van der Waals surface area (Å²) < 4.78 is 15.0. The van der Waals surface area contributed by atoms with Crippen molar-refractivity contribution in [2.75, 3.05) is 6.54 Å². The number of aromatic nitrogens is 3. The molecule has 3 rings (SSSR count). The predicted octanol–water partition coefficient (Wildman–Crippen LogP) is 2.33. The summed E-state index contributed by atoms with van der Waals surface area (Å²) in [7, 11) is 0. The molecule has 0 bridgehead atoms. The summed E-state index contributed by atoms with van der Waals surface area (Å²) in [5.74, 6) is -1.33. The minimum absolute atomic E-state index is 0.0564. The molecule has 2 aromatic heterocycles. The van der Waals surface area contributed by atoms with Crippen LogP contribution in [0.4, 0.5) is 4.39 Å². The summed E-state index contributed by atoms with van der Waals surface area (Å²) >= 11 is 5.87. The first-order valence-corrected chi connectivity index (χ1v) is 9.00. The number of nitrogens with one attached hydrogen (secondary N) is 1. The van der Waals surface area contributed by atoms with Gasteiger partial charge in [0.15, 0.2) is 5.65 Å². The van der Waals surface area contributed by atoms with Gasteiger partial charge in [0.25, 0.3) is 5.91 Å². The lowest BCUT2D eigenvalue weighted by atomic mass is 10.0. The van der Waals surface area contributed by atoms with E-state index in [4.69, 9.17) is 17.3 Å². The molecule has 28 heavy (non-hydrogen) atoms. The van der Waals surface area contributed by atoms with Gasteiger partial charge in [0, 0.05) is 30.8 Å². The summed E-state index contributed by atoms with van der Waals surface area (Å²) in [6.45, 7) is 3.87. The van der Waals surface area contributed by atoms with Crippen LogP contribution < -0.4 is 11.1 Å². The fourth-order valence-electron chi connectivity index (χ4n) is 2.98. The molecule has 146 valence electrons. The molecule has 7 nitrogen and oxygen atoms in total. The number of halogens is 2. The van der Waals surface area contributed by atoms with Crippen LogP contribution in [0.25, 0.3) is 5.65 Å². The van der Waals surface area contributed by atoms with Crippen LogP contribution in [0.2, 0.25) is 5.02 Å². The molecular formula is C19H19ClFN5O2. The Morgan fingerprint density at radius 2 is 2.07 bits per heavy atom. The Balaban J connectivity index is 1.92.